The molecule has 5 heteroatoms. The average Bonchev–Trinajstić information content (AvgIpc) is 3.00. The van der Waals surface area contributed by atoms with Crippen LogP contribution in [0, 0.1) is 30.6 Å². The Balaban J connectivity index is 2.08. The summed E-state index contributed by atoms with van der Waals surface area (Å²) in [7, 11) is 0. The van der Waals surface area contributed by atoms with Crippen molar-refractivity contribution < 1.29 is 10.1 Å². The van der Waals surface area contributed by atoms with Crippen LogP contribution < -0.4 is 5.35 Å². The lowest BCUT2D eigenvalue weighted by atomic mass is 9.66. The Morgan fingerprint density at radius 3 is 2.55 bits per heavy atom. The minimum Gasteiger partial charge on any atom is -0.251 e. The van der Waals surface area contributed by atoms with Crippen LogP contribution in [0.2, 0.25) is 0 Å². The van der Waals surface area contributed by atoms with E-state index in [1.54, 1.807) is 4.52 Å². The fraction of sp³-hybridized carbons (Fsp3) is 0.647. The van der Waals surface area contributed by atoms with E-state index in [2.05, 4.69) is 37.4 Å². The molecule has 3 rings (SSSR count). The standard InChI is InChI=1S/C17H25N3O2/c1-9-6-10(2)14(11(3)7-9)16(22-21)15-12(4)13(5)20-17(15)18-8-19-20/h8-11,14,16,21H,5-7H2,1-4H3. The first-order valence-corrected chi connectivity index (χ1v) is 8.06. The maximum atomic E-state index is 9.69. The Morgan fingerprint density at radius 2 is 1.95 bits per heavy atom. The molecule has 2 aromatic rings. The topological polar surface area (TPSA) is 59.7 Å². The number of aromatic nitrogens is 3. The average molecular weight is 303 g/mol. The highest BCUT2D eigenvalue weighted by Crippen LogP contribution is 2.46. The van der Waals surface area contributed by atoms with Crippen LogP contribution in [0.15, 0.2) is 6.33 Å². The first-order valence-electron chi connectivity index (χ1n) is 8.06. The second-order valence-electron chi connectivity index (χ2n) is 7.12. The first-order chi connectivity index (χ1) is 10.5. The molecule has 0 spiro atoms. The number of fused-ring (bicyclic) bond motifs is 1. The highest BCUT2D eigenvalue weighted by molar-refractivity contribution is 5.54. The van der Waals surface area contributed by atoms with Crippen LogP contribution in [0.25, 0.3) is 12.2 Å². The summed E-state index contributed by atoms with van der Waals surface area (Å²) < 4.78 is 1.73. The van der Waals surface area contributed by atoms with E-state index in [4.69, 9.17) is 4.89 Å². The van der Waals surface area contributed by atoms with Gasteiger partial charge in [0.05, 0.1) is 5.35 Å². The second-order valence-corrected chi connectivity index (χ2v) is 7.12. The predicted octanol–water partition coefficient (Wildman–Crippen LogP) is 3.02. The predicted molar refractivity (Wildman–Crippen MR) is 85.1 cm³/mol. The lowest BCUT2D eigenvalue weighted by Crippen LogP contribution is -2.34. The Labute approximate surface area is 130 Å². The van der Waals surface area contributed by atoms with Gasteiger partial charge in [-0.2, -0.15) is 5.10 Å². The zero-order valence-electron chi connectivity index (χ0n) is 13.8. The Hall–Kier alpha value is -1.46. The molecule has 22 heavy (non-hydrogen) atoms. The first kappa shape index (κ1) is 15.4. The Bertz CT molecular complexity index is 699. The fourth-order valence-electron chi connectivity index (χ4n) is 4.60. The van der Waals surface area contributed by atoms with E-state index in [0.29, 0.717) is 11.8 Å². The molecular weight excluding hydrogens is 278 g/mol. The van der Waals surface area contributed by atoms with Gasteiger partial charge >= 0.3 is 0 Å². The van der Waals surface area contributed by atoms with Crippen molar-refractivity contribution in [2.75, 3.05) is 0 Å². The van der Waals surface area contributed by atoms with Gasteiger partial charge in [0.25, 0.3) is 0 Å². The molecule has 120 valence electrons. The van der Waals surface area contributed by atoms with Crippen molar-refractivity contribution in [3.05, 3.63) is 22.8 Å². The van der Waals surface area contributed by atoms with Crippen LogP contribution in [0.5, 0.6) is 0 Å². The van der Waals surface area contributed by atoms with E-state index in [9.17, 15) is 5.26 Å². The molecule has 1 aliphatic rings. The van der Waals surface area contributed by atoms with Gasteiger partial charge < -0.3 is 0 Å². The van der Waals surface area contributed by atoms with Gasteiger partial charge in [-0.3, -0.25) is 5.26 Å². The molecular formula is C17H25N3O2. The quantitative estimate of drug-likeness (QED) is 0.699. The lowest BCUT2D eigenvalue weighted by molar-refractivity contribution is -0.303. The summed E-state index contributed by atoms with van der Waals surface area (Å²) >= 11 is 0. The zero-order valence-corrected chi connectivity index (χ0v) is 13.8. The summed E-state index contributed by atoms with van der Waals surface area (Å²) in [5.74, 6) is 1.96. The van der Waals surface area contributed by atoms with Crippen LogP contribution in [0.4, 0.5) is 0 Å². The number of rotatable bonds is 3. The molecule has 3 unspecified atom stereocenters. The Morgan fingerprint density at radius 1 is 1.32 bits per heavy atom. The van der Waals surface area contributed by atoms with Crippen molar-refractivity contribution in [1.29, 1.82) is 0 Å². The molecule has 1 N–H and O–H groups in total. The molecule has 0 bridgehead atoms. The number of nitrogens with zero attached hydrogens (tertiary/aromatic N) is 3. The van der Waals surface area contributed by atoms with Crippen molar-refractivity contribution in [2.45, 2.75) is 46.6 Å². The molecule has 0 aliphatic heterocycles. The summed E-state index contributed by atoms with van der Waals surface area (Å²) in [6.07, 6.45) is 3.47. The number of hydrogen-bond donors (Lipinski definition) is 1. The maximum Gasteiger partial charge on any atom is 0.162 e. The highest BCUT2D eigenvalue weighted by Gasteiger charge is 2.40. The van der Waals surface area contributed by atoms with Gasteiger partial charge in [-0.25, -0.2) is 14.4 Å². The van der Waals surface area contributed by atoms with E-state index in [1.807, 2.05) is 6.92 Å². The summed E-state index contributed by atoms with van der Waals surface area (Å²) in [5.41, 5.74) is 2.69. The largest absolute Gasteiger partial charge is 0.251 e. The van der Waals surface area contributed by atoms with Crippen LogP contribution >= 0.6 is 0 Å². The summed E-state index contributed by atoms with van der Waals surface area (Å²) in [6, 6.07) is 0. The highest BCUT2D eigenvalue weighted by atomic mass is 17.1. The van der Waals surface area contributed by atoms with Gasteiger partial charge in [0.15, 0.2) is 5.65 Å². The summed E-state index contributed by atoms with van der Waals surface area (Å²) in [5, 5.41) is 14.7. The van der Waals surface area contributed by atoms with Gasteiger partial charge in [0.2, 0.25) is 0 Å². The van der Waals surface area contributed by atoms with E-state index >= 15 is 0 Å². The van der Waals surface area contributed by atoms with Crippen molar-refractivity contribution >= 4 is 12.2 Å². The molecule has 1 fully saturated rings. The second kappa shape index (κ2) is 5.63. The van der Waals surface area contributed by atoms with Gasteiger partial charge in [0.1, 0.15) is 12.4 Å². The maximum absolute atomic E-state index is 9.69. The molecule has 2 heterocycles. The smallest absolute Gasteiger partial charge is 0.162 e. The van der Waals surface area contributed by atoms with Gasteiger partial charge in [-0.15, -0.1) is 0 Å². The van der Waals surface area contributed by atoms with E-state index in [0.717, 1.165) is 40.9 Å². The van der Waals surface area contributed by atoms with E-state index < -0.39 is 0 Å². The molecule has 3 atom stereocenters. The minimum absolute atomic E-state index is 0.266. The van der Waals surface area contributed by atoms with Crippen LogP contribution in [-0.2, 0) is 4.89 Å². The van der Waals surface area contributed by atoms with Gasteiger partial charge in [0, 0.05) is 5.56 Å². The van der Waals surface area contributed by atoms with Crippen LogP contribution in [-0.4, -0.2) is 19.9 Å². The molecule has 0 radical (unpaired) electrons. The van der Waals surface area contributed by atoms with Crippen molar-refractivity contribution in [3.8, 4) is 0 Å². The normalized spacial score (nSPS) is 30.8. The van der Waals surface area contributed by atoms with E-state index in [-0.39, 0.29) is 12.0 Å². The summed E-state index contributed by atoms with van der Waals surface area (Å²) in [6.45, 7) is 12.9. The molecule has 0 aromatic carbocycles. The van der Waals surface area contributed by atoms with Crippen molar-refractivity contribution in [2.24, 2.45) is 23.7 Å². The SMILES string of the molecule is C=c1c(C)c(C(OO)C2C(C)CC(C)CC2C)c2ncnn12. The van der Waals surface area contributed by atoms with E-state index in [1.165, 1.54) is 6.33 Å². The third-order valence-corrected chi connectivity index (χ3v) is 5.49. The van der Waals surface area contributed by atoms with Gasteiger partial charge in [-0.1, -0.05) is 27.4 Å². The molecule has 1 saturated carbocycles. The lowest BCUT2D eigenvalue weighted by Gasteiger charge is -2.41. The molecule has 0 saturated heterocycles. The van der Waals surface area contributed by atoms with Crippen LogP contribution in [0.3, 0.4) is 0 Å². The minimum atomic E-state index is -0.375. The fourth-order valence-corrected chi connectivity index (χ4v) is 4.60. The zero-order chi connectivity index (χ0) is 16.0. The molecule has 2 aromatic heterocycles. The summed E-state index contributed by atoms with van der Waals surface area (Å²) in [4.78, 5) is 9.36. The molecule has 0 amide bonds. The third kappa shape index (κ3) is 2.23. The molecule has 1 aliphatic carbocycles. The van der Waals surface area contributed by atoms with Gasteiger partial charge in [-0.05, 0) is 49.0 Å². The Kier molecular flexibility index (Phi) is 3.95. The molecule has 5 nitrogen and oxygen atoms in total. The van der Waals surface area contributed by atoms with Crippen molar-refractivity contribution in [1.82, 2.24) is 14.6 Å². The third-order valence-electron chi connectivity index (χ3n) is 5.49. The number of hydrogen-bond acceptors (Lipinski definition) is 4. The van der Waals surface area contributed by atoms with Crippen molar-refractivity contribution in [3.63, 3.8) is 0 Å². The van der Waals surface area contributed by atoms with Crippen LogP contribution in [0.1, 0.15) is 50.8 Å². The monoisotopic (exact) mass is 303 g/mol.